The van der Waals surface area contributed by atoms with Crippen LogP contribution in [-0.4, -0.2) is 39.9 Å². The lowest BCUT2D eigenvalue weighted by Crippen LogP contribution is -2.50. The number of carbonyl (C=O) groups is 1. The summed E-state index contributed by atoms with van der Waals surface area (Å²) in [4.78, 5) is 22.7. The Hall–Kier alpha value is -2.01. The number of benzene rings is 1. The monoisotopic (exact) mass is 258 g/mol. The van der Waals surface area contributed by atoms with E-state index in [1.165, 1.54) is 0 Å². The van der Waals surface area contributed by atoms with Gasteiger partial charge in [0.05, 0.1) is 11.1 Å². The van der Waals surface area contributed by atoms with E-state index in [0.29, 0.717) is 23.1 Å². The molecule has 0 spiro atoms. The van der Waals surface area contributed by atoms with Gasteiger partial charge in [0.1, 0.15) is 5.52 Å². The Bertz CT molecular complexity index is 604. The number of nitrogens with zero attached hydrogens (tertiary/aromatic N) is 3. The maximum atomic E-state index is 12.6. The molecule has 1 aromatic heterocycles. The predicted octanol–water partition coefficient (Wildman–Crippen LogP) is 1.44. The Kier molecular flexibility index (Phi) is 3.48. The zero-order valence-corrected chi connectivity index (χ0v) is 11.4. The second-order valence-corrected chi connectivity index (χ2v) is 5.11. The standard InChI is InChI=1S/C14H18N4O/c1-14(2,9-15)18(3)13(19)10-5-4-6-11-12(10)17-8-7-16-11/h4-8H,9,15H2,1-3H3. The van der Waals surface area contributed by atoms with Crippen LogP contribution >= 0.6 is 0 Å². The van der Waals surface area contributed by atoms with E-state index in [-0.39, 0.29) is 5.91 Å². The normalized spacial score (nSPS) is 11.6. The molecule has 0 atom stereocenters. The average Bonchev–Trinajstić information content (AvgIpc) is 2.45. The topological polar surface area (TPSA) is 72.1 Å². The molecule has 0 radical (unpaired) electrons. The summed E-state index contributed by atoms with van der Waals surface area (Å²) < 4.78 is 0. The van der Waals surface area contributed by atoms with Gasteiger partial charge in [-0.3, -0.25) is 14.8 Å². The molecule has 0 unspecified atom stereocenters. The molecule has 100 valence electrons. The van der Waals surface area contributed by atoms with Crippen LogP contribution in [0.25, 0.3) is 11.0 Å². The number of nitrogens with two attached hydrogens (primary N) is 1. The molecule has 0 aliphatic heterocycles. The van der Waals surface area contributed by atoms with Crippen molar-refractivity contribution in [3.8, 4) is 0 Å². The van der Waals surface area contributed by atoms with Crippen LogP contribution < -0.4 is 5.73 Å². The third-order valence-corrected chi connectivity index (χ3v) is 3.44. The van der Waals surface area contributed by atoms with Gasteiger partial charge in [0.25, 0.3) is 5.91 Å². The van der Waals surface area contributed by atoms with Gasteiger partial charge in [0.15, 0.2) is 0 Å². The number of hydrogen-bond acceptors (Lipinski definition) is 4. The fourth-order valence-corrected chi connectivity index (χ4v) is 1.76. The Morgan fingerprint density at radius 1 is 1.32 bits per heavy atom. The molecule has 2 N–H and O–H groups in total. The number of carbonyl (C=O) groups excluding carboxylic acids is 1. The second kappa shape index (κ2) is 4.93. The Morgan fingerprint density at radius 3 is 2.68 bits per heavy atom. The van der Waals surface area contributed by atoms with Gasteiger partial charge in [-0.1, -0.05) is 6.07 Å². The highest BCUT2D eigenvalue weighted by molar-refractivity contribution is 6.04. The first kappa shape index (κ1) is 13.4. The molecular formula is C14H18N4O. The van der Waals surface area contributed by atoms with Crippen molar-refractivity contribution in [3.63, 3.8) is 0 Å². The van der Waals surface area contributed by atoms with Gasteiger partial charge in [-0.05, 0) is 26.0 Å². The van der Waals surface area contributed by atoms with Gasteiger partial charge in [0, 0.05) is 31.5 Å². The molecule has 1 aromatic carbocycles. The van der Waals surface area contributed by atoms with Crippen LogP contribution in [0.4, 0.5) is 0 Å². The summed E-state index contributed by atoms with van der Waals surface area (Å²) in [5.74, 6) is -0.0958. The smallest absolute Gasteiger partial charge is 0.256 e. The zero-order chi connectivity index (χ0) is 14.0. The van der Waals surface area contributed by atoms with Crippen LogP contribution in [0.3, 0.4) is 0 Å². The predicted molar refractivity (Wildman–Crippen MR) is 74.8 cm³/mol. The minimum absolute atomic E-state index is 0.0958. The molecule has 0 saturated carbocycles. The maximum absolute atomic E-state index is 12.6. The van der Waals surface area contributed by atoms with Crippen LogP contribution in [0.15, 0.2) is 30.6 Å². The Balaban J connectivity index is 2.48. The van der Waals surface area contributed by atoms with Crippen LogP contribution in [0, 0.1) is 0 Å². The molecule has 2 aromatic rings. The highest BCUT2D eigenvalue weighted by Gasteiger charge is 2.28. The number of para-hydroxylation sites is 1. The molecule has 0 fully saturated rings. The zero-order valence-electron chi connectivity index (χ0n) is 11.4. The molecule has 1 amide bonds. The Morgan fingerprint density at radius 2 is 2.00 bits per heavy atom. The molecule has 2 rings (SSSR count). The van der Waals surface area contributed by atoms with Crippen molar-refractivity contribution in [1.82, 2.24) is 14.9 Å². The lowest BCUT2D eigenvalue weighted by molar-refractivity contribution is 0.0642. The second-order valence-electron chi connectivity index (χ2n) is 5.11. The van der Waals surface area contributed by atoms with Crippen molar-refractivity contribution < 1.29 is 4.79 Å². The van der Waals surface area contributed by atoms with Crippen molar-refractivity contribution in [3.05, 3.63) is 36.2 Å². The molecular weight excluding hydrogens is 240 g/mol. The third-order valence-electron chi connectivity index (χ3n) is 3.44. The van der Waals surface area contributed by atoms with Crippen LogP contribution in [0.5, 0.6) is 0 Å². The van der Waals surface area contributed by atoms with Crippen molar-refractivity contribution in [1.29, 1.82) is 0 Å². The maximum Gasteiger partial charge on any atom is 0.256 e. The van der Waals surface area contributed by atoms with E-state index in [1.807, 2.05) is 26.0 Å². The number of aromatic nitrogens is 2. The summed E-state index contributed by atoms with van der Waals surface area (Å²) in [7, 11) is 1.75. The summed E-state index contributed by atoms with van der Waals surface area (Å²) in [5, 5.41) is 0. The molecule has 1 heterocycles. The lowest BCUT2D eigenvalue weighted by Gasteiger charge is -2.34. The van der Waals surface area contributed by atoms with Gasteiger partial charge >= 0.3 is 0 Å². The number of fused-ring (bicyclic) bond motifs is 1. The van der Waals surface area contributed by atoms with E-state index < -0.39 is 5.54 Å². The summed E-state index contributed by atoms with van der Waals surface area (Å²) in [6.07, 6.45) is 3.21. The van der Waals surface area contributed by atoms with Crippen molar-refractivity contribution in [2.24, 2.45) is 5.73 Å². The molecule has 0 bridgehead atoms. The van der Waals surface area contributed by atoms with Crippen molar-refractivity contribution in [2.45, 2.75) is 19.4 Å². The first-order valence-corrected chi connectivity index (χ1v) is 6.15. The van der Waals surface area contributed by atoms with Gasteiger partial charge in [0.2, 0.25) is 0 Å². The SMILES string of the molecule is CN(C(=O)c1cccc2nccnc12)C(C)(C)CN. The van der Waals surface area contributed by atoms with Gasteiger partial charge in [-0.25, -0.2) is 0 Å². The third kappa shape index (κ3) is 2.42. The number of amides is 1. The van der Waals surface area contributed by atoms with Crippen LogP contribution in [-0.2, 0) is 0 Å². The molecule has 5 heteroatoms. The fourth-order valence-electron chi connectivity index (χ4n) is 1.76. The summed E-state index contributed by atoms with van der Waals surface area (Å²) in [6, 6.07) is 5.42. The van der Waals surface area contributed by atoms with E-state index in [9.17, 15) is 4.79 Å². The molecule has 0 aliphatic rings. The highest BCUT2D eigenvalue weighted by atomic mass is 16.2. The first-order valence-electron chi connectivity index (χ1n) is 6.15. The lowest BCUT2D eigenvalue weighted by atomic mass is 10.0. The number of rotatable bonds is 3. The van der Waals surface area contributed by atoms with Crippen LogP contribution in [0.2, 0.25) is 0 Å². The minimum Gasteiger partial charge on any atom is -0.335 e. The number of likely N-dealkylation sites (N-methyl/N-ethyl adjacent to an activating group) is 1. The average molecular weight is 258 g/mol. The van der Waals surface area contributed by atoms with E-state index in [4.69, 9.17) is 5.73 Å². The van der Waals surface area contributed by atoms with Gasteiger partial charge in [-0.2, -0.15) is 0 Å². The largest absolute Gasteiger partial charge is 0.335 e. The summed E-state index contributed by atoms with van der Waals surface area (Å²) in [6.45, 7) is 4.26. The molecule has 5 nitrogen and oxygen atoms in total. The first-order chi connectivity index (χ1) is 8.97. The molecule has 0 saturated heterocycles. The van der Waals surface area contributed by atoms with Crippen molar-refractivity contribution in [2.75, 3.05) is 13.6 Å². The van der Waals surface area contributed by atoms with Gasteiger partial charge in [-0.15, -0.1) is 0 Å². The Labute approximate surface area is 112 Å². The van der Waals surface area contributed by atoms with E-state index in [2.05, 4.69) is 9.97 Å². The molecule has 19 heavy (non-hydrogen) atoms. The van der Waals surface area contributed by atoms with E-state index in [1.54, 1.807) is 30.4 Å². The highest BCUT2D eigenvalue weighted by Crippen LogP contribution is 2.19. The van der Waals surface area contributed by atoms with E-state index >= 15 is 0 Å². The van der Waals surface area contributed by atoms with Gasteiger partial charge < -0.3 is 10.6 Å². The fraction of sp³-hybridized carbons (Fsp3) is 0.357. The summed E-state index contributed by atoms with van der Waals surface area (Å²) >= 11 is 0. The molecule has 0 aliphatic carbocycles. The van der Waals surface area contributed by atoms with Crippen molar-refractivity contribution >= 4 is 16.9 Å². The minimum atomic E-state index is -0.401. The number of hydrogen-bond donors (Lipinski definition) is 1. The quantitative estimate of drug-likeness (QED) is 0.904. The van der Waals surface area contributed by atoms with E-state index in [0.717, 1.165) is 0 Å². The van der Waals surface area contributed by atoms with Crippen LogP contribution in [0.1, 0.15) is 24.2 Å². The summed E-state index contributed by atoms with van der Waals surface area (Å²) in [5.41, 5.74) is 7.20.